The number of methoxy groups -OCH3 is 1. The van der Waals surface area contributed by atoms with E-state index in [0.717, 1.165) is 16.7 Å². The minimum Gasteiger partial charge on any atom is -0.465 e. The van der Waals surface area contributed by atoms with Gasteiger partial charge >= 0.3 is 5.97 Å². The number of ether oxygens (including phenoxy) is 1. The Kier molecular flexibility index (Phi) is 4.91. The molecule has 0 bridgehead atoms. The first-order chi connectivity index (χ1) is 10.5. The predicted molar refractivity (Wildman–Crippen MR) is 84.0 cm³/mol. The van der Waals surface area contributed by atoms with Gasteiger partial charge in [-0.15, -0.1) is 0 Å². The number of primary amides is 1. The highest BCUT2D eigenvalue weighted by Crippen LogP contribution is 2.28. The minimum atomic E-state index is -0.464. The average molecular weight is 298 g/mol. The van der Waals surface area contributed by atoms with Crippen LogP contribution in [0.2, 0.25) is 0 Å². The van der Waals surface area contributed by atoms with Gasteiger partial charge in [-0.1, -0.05) is 36.4 Å². The molecule has 114 valence electrons. The number of benzene rings is 2. The van der Waals surface area contributed by atoms with Crippen molar-refractivity contribution in [1.82, 2.24) is 0 Å². The van der Waals surface area contributed by atoms with Crippen molar-refractivity contribution in [3.05, 3.63) is 59.7 Å². The monoisotopic (exact) mass is 298 g/mol. The van der Waals surface area contributed by atoms with E-state index in [1.165, 1.54) is 7.11 Å². The zero-order valence-electron chi connectivity index (χ0n) is 12.3. The third-order valence-electron chi connectivity index (χ3n) is 3.40. The van der Waals surface area contributed by atoms with Crippen LogP contribution in [0.25, 0.3) is 11.1 Å². The number of amides is 1. The molecular weight excluding hydrogens is 280 g/mol. The molecule has 0 heterocycles. The molecule has 4 N–H and O–H groups in total. The summed E-state index contributed by atoms with van der Waals surface area (Å²) in [7, 11) is 1.34. The average Bonchev–Trinajstić information content (AvgIpc) is 2.53. The molecule has 0 saturated carbocycles. The van der Waals surface area contributed by atoms with Gasteiger partial charge in [0.1, 0.15) is 0 Å². The Hall–Kier alpha value is -2.66. The summed E-state index contributed by atoms with van der Waals surface area (Å²) in [5.41, 5.74) is 14.4. The minimum absolute atomic E-state index is 0.0806. The van der Waals surface area contributed by atoms with Crippen LogP contribution in [0.4, 0.5) is 0 Å². The molecule has 0 spiro atoms. The van der Waals surface area contributed by atoms with Crippen LogP contribution in [0, 0.1) is 0 Å². The lowest BCUT2D eigenvalue weighted by atomic mass is 9.93. The number of carbonyl (C=O) groups is 2. The van der Waals surface area contributed by atoms with Crippen molar-refractivity contribution < 1.29 is 14.3 Å². The van der Waals surface area contributed by atoms with Crippen LogP contribution in [-0.4, -0.2) is 19.0 Å². The van der Waals surface area contributed by atoms with E-state index in [1.54, 1.807) is 12.1 Å². The highest BCUT2D eigenvalue weighted by molar-refractivity contribution is 5.90. The summed E-state index contributed by atoms with van der Waals surface area (Å²) < 4.78 is 4.68. The summed E-state index contributed by atoms with van der Waals surface area (Å²) in [5.74, 6) is -0.825. The van der Waals surface area contributed by atoms with Crippen LogP contribution < -0.4 is 11.5 Å². The van der Waals surface area contributed by atoms with Crippen LogP contribution in [0.1, 0.15) is 28.4 Å². The van der Waals surface area contributed by atoms with Gasteiger partial charge < -0.3 is 16.2 Å². The molecule has 0 aliphatic heterocycles. The molecule has 5 nitrogen and oxygen atoms in total. The van der Waals surface area contributed by atoms with Crippen LogP contribution in [0.3, 0.4) is 0 Å². The first-order valence-electron chi connectivity index (χ1n) is 6.84. The van der Waals surface area contributed by atoms with Crippen LogP contribution in [0.5, 0.6) is 0 Å². The SMILES string of the molecule is COC(=O)c1ccc(-c2ccccc2C(N)CC(N)=O)cc1. The fourth-order valence-corrected chi connectivity index (χ4v) is 2.31. The maximum atomic E-state index is 11.5. The van der Waals surface area contributed by atoms with Gasteiger partial charge in [0, 0.05) is 12.5 Å². The number of hydrogen-bond acceptors (Lipinski definition) is 4. The molecular formula is C17H18N2O3. The lowest BCUT2D eigenvalue weighted by Crippen LogP contribution is -2.21. The van der Waals surface area contributed by atoms with Gasteiger partial charge in [0.25, 0.3) is 0 Å². The smallest absolute Gasteiger partial charge is 0.337 e. The van der Waals surface area contributed by atoms with Crippen molar-refractivity contribution in [1.29, 1.82) is 0 Å². The maximum absolute atomic E-state index is 11.5. The molecule has 2 rings (SSSR count). The van der Waals surface area contributed by atoms with Crippen molar-refractivity contribution in [2.75, 3.05) is 7.11 Å². The quantitative estimate of drug-likeness (QED) is 0.825. The van der Waals surface area contributed by atoms with Crippen molar-refractivity contribution in [3.8, 4) is 11.1 Å². The zero-order valence-corrected chi connectivity index (χ0v) is 12.3. The van der Waals surface area contributed by atoms with Gasteiger partial charge in [-0.25, -0.2) is 4.79 Å². The van der Waals surface area contributed by atoms with E-state index in [-0.39, 0.29) is 12.4 Å². The van der Waals surface area contributed by atoms with Crippen molar-refractivity contribution >= 4 is 11.9 Å². The number of rotatable bonds is 5. The second-order valence-corrected chi connectivity index (χ2v) is 4.93. The van der Waals surface area contributed by atoms with E-state index in [9.17, 15) is 9.59 Å². The van der Waals surface area contributed by atoms with E-state index in [0.29, 0.717) is 5.56 Å². The van der Waals surface area contributed by atoms with E-state index in [2.05, 4.69) is 4.74 Å². The van der Waals surface area contributed by atoms with Crippen molar-refractivity contribution in [2.24, 2.45) is 11.5 Å². The lowest BCUT2D eigenvalue weighted by molar-refractivity contribution is -0.118. The normalized spacial score (nSPS) is 11.7. The fourth-order valence-electron chi connectivity index (χ4n) is 2.31. The first-order valence-corrected chi connectivity index (χ1v) is 6.84. The summed E-state index contributed by atoms with van der Waals surface area (Å²) >= 11 is 0. The van der Waals surface area contributed by atoms with Crippen molar-refractivity contribution in [2.45, 2.75) is 12.5 Å². The Bertz CT molecular complexity index is 681. The lowest BCUT2D eigenvalue weighted by Gasteiger charge is -2.15. The number of esters is 1. The number of carbonyl (C=O) groups excluding carboxylic acids is 2. The van der Waals surface area contributed by atoms with E-state index < -0.39 is 11.9 Å². The van der Waals surface area contributed by atoms with E-state index >= 15 is 0 Å². The molecule has 1 amide bonds. The van der Waals surface area contributed by atoms with Gasteiger partial charge in [0.05, 0.1) is 12.7 Å². The Labute approximate surface area is 128 Å². The van der Waals surface area contributed by atoms with E-state index in [1.807, 2.05) is 36.4 Å². The third kappa shape index (κ3) is 3.51. The summed E-state index contributed by atoms with van der Waals surface area (Å²) in [6, 6.07) is 14.1. The number of nitrogens with two attached hydrogens (primary N) is 2. The molecule has 2 aromatic carbocycles. The zero-order chi connectivity index (χ0) is 16.1. The Morgan fingerprint density at radius 1 is 1.09 bits per heavy atom. The molecule has 2 aromatic rings. The molecule has 5 heteroatoms. The molecule has 0 fully saturated rings. The number of hydrogen-bond donors (Lipinski definition) is 2. The highest BCUT2D eigenvalue weighted by Gasteiger charge is 2.14. The third-order valence-corrected chi connectivity index (χ3v) is 3.40. The second-order valence-electron chi connectivity index (χ2n) is 4.93. The van der Waals surface area contributed by atoms with Crippen LogP contribution in [-0.2, 0) is 9.53 Å². The topological polar surface area (TPSA) is 95.4 Å². The fraction of sp³-hybridized carbons (Fsp3) is 0.176. The largest absolute Gasteiger partial charge is 0.465 e. The van der Waals surface area contributed by atoms with Gasteiger partial charge in [-0.05, 0) is 28.8 Å². The summed E-state index contributed by atoms with van der Waals surface area (Å²) in [6.07, 6.45) is 0.0806. The second kappa shape index (κ2) is 6.87. The molecule has 0 aliphatic rings. The molecule has 1 atom stereocenters. The van der Waals surface area contributed by atoms with Gasteiger partial charge in [-0.3, -0.25) is 4.79 Å². The standard InChI is InChI=1S/C17H18N2O3/c1-22-17(21)12-8-6-11(7-9-12)13-4-2-3-5-14(13)15(18)10-16(19)20/h2-9,15H,10,18H2,1H3,(H2,19,20). The Morgan fingerprint density at radius 2 is 1.73 bits per heavy atom. The molecule has 0 radical (unpaired) electrons. The summed E-state index contributed by atoms with van der Waals surface area (Å²) in [6.45, 7) is 0. The first kappa shape index (κ1) is 15.7. The molecule has 0 saturated heterocycles. The van der Waals surface area contributed by atoms with Gasteiger partial charge in [-0.2, -0.15) is 0 Å². The summed E-state index contributed by atoms with van der Waals surface area (Å²) in [5, 5.41) is 0. The van der Waals surface area contributed by atoms with E-state index in [4.69, 9.17) is 11.5 Å². The Balaban J connectivity index is 2.36. The maximum Gasteiger partial charge on any atom is 0.337 e. The predicted octanol–water partition coefficient (Wildman–Crippen LogP) is 2.02. The molecule has 0 aliphatic carbocycles. The highest BCUT2D eigenvalue weighted by atomic mass is 16.5. The van der Waals surface area contributed by atoms with Crippen LogP contribution >= 0.6 is 0 Å². The molecule has 22 heavy (non-hydrogen) atoms. The molecule has 0 aromatic heterocycles. The summed E-state index contributed by atoms with van der Waals surface area (Å²) in [4.78, 5) is 22.5. The van der Waals surface area contributed by atoms with Crippen molar-refractivity contribution in [3.63, 3.8) is 0 Å². The van der Waals surface area contributed by atoms with Crippen LogP contribution in [0.15, 0.2) is 48.5 Å². The molecule has 1 unspecified atom stereocenters. The Morgan fingerprint density at radius 3 is 2.32 bits per heavy atom. The van der Waals surface area contributed by atoms with Gasteiger partial charge in [0.15, 0.2) is 0 Å². The van der Waals surface area contributed by atoms with Gasteiger partial charge in [0.2, 0.25) is 5.91 Å².